The lowest BCUT2D eigenvalue weighted by molar-refractivity contribution is 0.674. The van der Waals surface area contributed by atoms with E-state index in [1.165, 1.54) is 54.3 Å². The van der Waals surface area contributed by atoms with E-state index in [0.717, 1.165) is 77.9 Å². The van der Waals surface area contributed by atoms with Gasteiger partial charge in [0.25, 0.3) is 0 Å². The molecule has 0 aliphatic carbocycles. The van der Waals surface area contributed by atoms with Crippen LogP contribution < -0.4 is 4.90 Å². The normalized spacial score (nSPS) is 11.8. The van der Waals surface area contributed by atoms with Crippen molar-refractivity contribution in [3.63, 3.8) is 0 Å². The highest BCUT2D eigenvalue weighted by Gasteiger charge is 2.20. The summed E-state index contributed by atoms with van der Waals surface area (Å²) in [6, 6.07) is 92.5. The van der Waals surface area contributed by atoms with Crippen molar-refractivity contribution < 1.29 is 4.42 Å². The Morgan fingerprint density at radius 3 is 1.57 bits per heavy atom. The van der Waals surface area contributed by atoms with Gasteiger partial charge < -0.3 is 13.9 Å². The zero-order chi connectivity index (χ0) is 45.4. The molecule has 2 heterocycles. The van der Waals surface area contributed by atoms with Crippen molar-refractivity contribution in [1.29, 1.82) is 0 Å². The van der Waals surface area contributed by atoms with E-state index in [9.17, 15) is 0 Å². The fraction of sp³-hybridized carbons (Fsp3) is 0. The van der Waals surface area contributed by atoms with E-state index < -0.39 is 0 Å². The van der Waals surface area contributed by atoms with Crippen LogP contribution in [0.3, 0.4) is 0 Å². The number of hydrogen-bond acceptors (Lipinski definition) is 2. The number of rotatable bonds is 7. The van der Waals surface area contributed by atoms with Gasteiger partial charge in [0, 0.05) is 55.1 Å². The van der Waals surface area contributed by atoms with Gasteiger partial charge in [-0.05, 0) is 116 Å². The Balaban J connectivity index is 0.896. The minimum Gasteiger partial charge on any atom is -0.455 e. The molecule has 12 aromatic carbocycles. The summed E-state index contributed by atoms with van der Waals surface area (Å²) in [4.78, 5) is 2.40. The standard InChI is InChI=1S/C66H42N2O/c1-3-17-53-44(13-1)27-28-47-29-30-49(42-61(47)53)54-18-5-8-24-62(54)67(51-38-33-46(34-39-51)56-22-12-23-59-60-40-35-45-14-2-4-19-55(45)66(60)69-65(56)59)50-36-31-43(32-37-50)48-15-11-16-52(41-48)68-63-25-9-6-20-57(63)58-21-7-10-26-64(58)68/h1-42H. The third-order valence-electron chi connectivity index (χ3n) is 14.2. The number of benzene rings is 12. The fourth-order valence-corrected chi connectivity index (χ4v) is 10.9. The molecule has 14 rings (SSSR count). The molecule has 0 bridgehead atoms. The van der Waals surface area contributed by atoms with Crippen molar-refractivity contribution in [1.82, 2.24) is 4.57 Å². The molecule has 0 radical (unpaired) electrons. The molecule has 0 saturated carbocycles. The lowest BCUT2D eigenvalue weighted by Gasteiger charge is -2.28. The highest BCUT2D eigenvalue weighted by atomic mass is 16.3. The molecule has 0 saturated heterocycles. The summed E-state index contributed by atoms with van der Waals surface area (Å²) in [5, 5.41) is 12.0. The van der Waals surface area contributed by atoms with Crippen LogP contribution in [0.5, 0.6) is 0 Å². The van der Waals surface area contributed by atoms with Gasteiger partial charge in [0.2, 0.25) is 0 Å². The maximum absolute atomic E-state index is 6.79. The van der Waals surface area contributed by atoms with E-state index >= 15 is 0 Å². The molecule has 3 heteroatoms. The molecular formula is C66H42N2O. The summed E-state index contributed by atoms with van der Waals surface area (Å²) in [7, 11) is 0. The lowest BCUT2D eigenvalue weighted by Crippen LogP contribution is -2.11. The molecule has 0 unspecified atom stereocenters. The van der Waals surface area contributed by atoms with Gasteiger partial charge >= 0.3 is 0 Å². The average molecular weight is 879 g/mol. The predicted octanol–water partition coefficient (Wildman–Crippen LogP) is 18.6. The van der Waals surface area contributed by atoms with E-state index in [-0.39, 0.29) is 0 Å². The van der Waals surface area contributed by atoms with E-state index in [4.69, 9.17) is 4.42 Å². The van der Waals surface area contributed by atoms with Crippen LogP contribution in [0.2, 0.25) is 0 Å². The van der Waals surface area contributed by atoms with Crippen molar-refractivity contribution in [2.45, 2.75) is 0 Å². The van der Waals surface area contributed by atoms with Gasteiger partial charge in [-0.15, -0.1) is 0 Å². The zero-order valence-corrected chi connectivity index (χ0v) is 37.6. The Bertz CT molecular complexity index is 4260. The van der Waals surface area contributed by atoms with Crippen molar-refractivity contribution in [2.24, 2.45) is 0 Å². The molecule has 2 aromatic heterocycles. The monoisotopic (exact) mass is 878 g/mol. The molecule has 0 amide bonds. The second kappa shape index (κ2) is 15.7. The van der Waals surface area contributed by atoms with Gasteiger partial charge in [-0.2, -0.15) is 0 Å². The van der Waals surface area contributed by atoms with Gasteiger partial charge in [-0.25, -0.2) is 0 Å². The number of anilines is 3. The minimum absolute atomic E-state index is 0.903. The molecule has 0 aliphatic heterocycles. The third-order valence-corrected chi connectivity index (χ3v) is 14.2. The number of nitrogens with zero attached hydrogens (tertiary/aromatic N) is 2. The first kappa shape index (κ1) is 39.0. The first-order valence-electron chi connectivity index (χ1n) is 23.7. The van der Waals surface area contributed by atoms with Crippen LogP contribution in [0, 0.1) is 0 Å². The molecule has 0 aliphatic rings. The van der Waals surface area contributed by atoms with Gasteiger partial charge in [-0.3, -0.25) is 0 Å². The smallest absolute Gasteiger partial charge is 0.143 e. The molecule has 3 nitrogen and oxygen atoms in total. The zero-order valence-electron chi connectivity index (χ0n) is 37.6. The van der Waals surface area contributed by atoms with Crippen LogP contribution in [-0.4, -0.2) is 4.57 Å². The Labute approximate surface area is 399 Å². The maximum Gasteiger partial charge on any atom is 0.143 e. The number of furan rings is 1. The van der Waals surface area contributed by atoms with E-state index in [1.54, 1.807) is 0 Å². The number of hydrogen-bond donors (Lipinski definition) is 0. The molecule has 322 valence electrons. The summed E-state index contributed by atoms with van der Waals surface area (Å²) < 4.78 is 9.18. The number of fused-ring (bicyclic) bond motifs is 11. The van der Waals surface area contributed by atoms with Crippen LogP contribution >= 0.6 is 0 Å². The van der Waals surface area contributed by atoms with E-state index in [2.05, 4.69) is 264 Å². The fourth-order valence-electron chi connectivity index (χ4n) is 10.9. The Kier molecular flexibility index (Phi) is 8.90. The molecular weight excluding hydrogens is 837 g/mol. The largest absolute Gasteiger partial charge is 0.455 e. The molecule has 69 heavy (non-hydrogen) atoms. The van der Waals surface area contributed by atoms with Gasteiger partial charge in [-0.1, -0.05) is 188 Å². The van der Waals surface area contributed by atoms with Crippen molar-refractivity contribution >= 4 is 93.1 Å². The highest BCUT2D eigenvalue weighted by Crippen LogP contribution is 2.45. The Morgan fingerprint density at radius 1 is 0.290 bits per heavy atom. The summed E-state index contributed by atoms with van der Waals surface area (Å²) in [6.07, 6.45) is 0. The molecule has 0 spiro atoms. The van der Waals surface area contributed by atoms with Crippen molar-refractivity contribution in [2.75, 3.05) is 4.90 Å². The molecule has 0 atom stereocenters. The van der Waals surface area contributed by atoms with Gasteiger partial charge in [0.05, 0.1) is 16.7 Å². The summed E-state index contributed by atoms with van der Waals surface area (Å²) in [5.74, 6) is 0. The van der Waals surface area contributed by atoms with Crippen LogP contribution in [0.15, 0.2) is 259 Å². The molecule has 0 N–H and O–H groups in total. The van der Waals surface area contributed by atoms with Crippen LogP contribution in [0.25, 0.3) is 115 Å². The number of aromatic nitrogens is 1. The van der Waals surface area contributed by atoms with Gasteiger partial charge in [0.15, 0.2) is 0 Å². The van der Waals surface area contributed by atoms with Crippen LogP contribution in [0.1, 0.15) is 0 Å². The average Bonchev–Trinajstić information content (AvgIpc) is 3.98. The van der Waals surface area contributed by atoms with Crippen molar-refractivity contribution in [3.8, 4) is 39.1 Å². The summed E-state index contributed by atoms with van der Waals surface area (Å²) in [5.41, 5.74) is 15.4. The minimum atomic E-state index is 0.903. The predicted molar refractivity (Wildman–Crippen MR) is 292 cm³/mol. The Morgan fingerprint density at radius 2 is 0.812 bits per heavy atom. The van der Waals surface area contributed by atoms with E-state index in [1.807, 2.05) is 0 Å². The molecule has 0 fully saturated rings. The Hall–Kier alpha value is -9.18. The van der Waals surface area contributed by atoms with E-state index in [0.29, 0.717) is 0 Å². The summed E-state index contributed by atoms with van der Waals surface area (Å²) >= 11 is 0. The first-order valence-corrected chi connectivity index (χ1v) is 23.7. The van der Waals surface area contributed by atoms with Crippen LogP contribution in [0.4, 0.5) is 17.1 Å². The second-order valence-electron chi connectivity index (χ2n) is 18.0. The first-order chi connectivity index (χ1) is 34.2. The van der Waals surface area contributed by atoms with Crippen molar-refractivity contribution in [3.05, 3.63) is 255 Å². The SMILES string of the molecule is c1cc(-c2ccc(N(c3ccc(-c4cccc5c4oc4c6ccccc6ccc54)cc3)c3ccccc3-c3ccc4ccc5ccccc5c4c3)cc2)cc(-n2c3ccccc3c3ccccc32)c1. The second-order valence-corrected chi connectivity index (χ2v) is 18.0. The number of para-hydroxylation sites is 4. The van der Waals surface area contributed by atoms with Crippen LogP contribution in [-0.2, 0) is 0 Å². The quantitative estimate of drug-likeness (QED) is 0.149. The summed E-state index contributed by atoms with van der Waals surface area (Å²) in [6.45, 7) is 0. The maximum atomic E-state index is 6.79. The topological polar surface area (TPSA) is 21.3 Å². The third kappa shape index (κ3) is 6.36. The highest BCUT2D eigenvalue weighted by molar-refractivity contribution is 6.17. The van der Waals surface area contributed by atoms with Gasteiger partial charge in [0.1, 0.15) is 11.2 Å². The lowest BCUT2D eigenvalue weighted by atomic mass is 9.95. The molecule has 14 aromatic rings.